The van der Waals surface area contributed by atoms with Crippen molar-refractivity contribution in [2.45, 2.75) is 26.2 Å². The summed E-state index contributed by atoms with van der Waals surface area (Å²) in [6.07, 6.45) is 2.47. The number of likely N-dealkylation sites (tertiary alicyclic amines) is 1. The molecule has 2 heterocycles. The zero-order valence-electron chi connectivity index (χ0n) is 15.5. The van der Waals surface area contributed by atoms with Crippen LogP contribution in [0.15, 0.2) is 24.3 Å². The number of rotatable bonds is 2. The van der Waals surface area contributed by atoms with Gasteiger partial charge < -0.3 is 10.6 Å². The van der Waals surface area contributed by atoms with E-state index >= 15 is 0 Å². The van der Waals surface area contributed by atoms with Gasteiger partial charge in [0.15, 0.2) is 5.69 Å². The van der Waals surface area contributed by atoms with E-state index < -0.39 is 5.91 Å². The Hall–Kier alpha value is -3.07. The molecular weight excluding hydrogens is 340 g/mol. The number of nitrogens with zero attached hydrogens (tertiary/aromatic N) is 3. The van der Waals surface area contributed by atoms with Crippen LogP contribution in [0.5, 0.6) is 0 Å². The van der Waals surface area contributed by atoms with Crippen molar-refractivity contribution in [1.29, 1.82) is 0 Å². The lowest BCUT2D eigenvalue weighted by Gasteiger charge is -2.07. The predicted octanol–water partition coefficient (Wildman–Crippen LogP) is 1.54. The molecule has 2 aromatic rings. The van der Waals surface area contributed by atoms with Gasteiger partial charge >= 0.3 is 0 Å². The fourth-order valence-corrected chi connectivity index (χ4v) is 3.91. The molecule has 27 heavy (non-hydrogen) atoms. The van der Waals surface area contributed by atoms with E-state index in [4.69, 9.17) is 5.73 Å². The Kier molecular flexibility index (Phi) is 4.23. The molecule has 2 atom stereocenters. The third-order valence-corrected chi connectivity index (χ3v) is 5.33. The Labute approximate surface area is 158 Å². The Morgan fingerprint density at radius 1 is 1.33 bits per heavy atom. The molecule has 2 amide bonds. The van der Waals surface area contributed by atoms with Crippen molar-refractivity contribution in [3.8, 4) is 17.5 Å². The maximum Gasteiger partial charge on any atom is 0.269 e. The zero-order chi connectivity index (χ0) is 19.1. The first-order chi connectivity index (χ1) is 12.9. The summed E-state index contributed by atoms with van der Waals surface area (Å²) in [5.41, 5.74) is 9.58. The quantitative estimate of drug-likeness (QED) is 0.823. The molecule has 1 aromatic carbocycles. The standard InChI is InChI=1S/C21H22N4O2/c1-13-10-17-18(11-13)25(23-19(17)20(22)26)16-5-3-4-14(12-16)6-7-15-8-9-24(2)21(15)27/h3-5,12-13,15H,8-11H2,1-2H3,(H2,22,26)/t13-,15-/m1/s1. The van der Waals surface area contributed by atoms with E-state index in [-0.39, 0.29) is 11.8 Å². The number of hydrogen-bond acceptors (Lipinski definition) is 3. The molecular formula is C21H22N4O2. The summed E-state index contributed by atoms with van der Waals surface area (Å²) >= 11 is 0. The smallest absolute Gasteiger partial charge is 0.269 e. The van der Waals surface area contributed by atoms with E-state index in [2.05, 4.69) is 23.9 Å². The number of aromatic nitrogens is 2. The second kappa shape index (κ2) is 6.58. The maximum atomic E-state index is 12.0. The van der Waals surface area contributed by atoms with Crippen LogP contribution in [0.2, 0.25) is 0 Å². The van der Waals surface area contributed by atoms with Crippen molar-refractivity contribution in [2.75, 3.05) is 13.6 Å². The second-order valence-electron chi connectivity index (χ2n) is 7.48. The zero-order valence-corrected chi connectivity index (χ0v) is 15.5. The summed E-state index contributed by atoms with van der Waals surface area (Å²) < 4.78 is 1.82. The fourth-order valence-electron chi connectivity index (χ4n) is 3.91. The molecule has 138 valence electrons. The summed E-state index contributed by atoms with van der Waals surface area (Å²) in [6, 6.07) is 7.72. The van der Waals surface area contributed by atoms with Gasteiger partial charge in [-0.2, -0.15) is 5.10 Å². The Balaban J connectivity index is 1.68. The highest BCUT2D eigenvalue weighted by atomic mass is 16.2. The van der Waals surface area contributed by atoms with Crippen LogP contribution in [0.4, 0.5) is 0 Å². The van der Waals surface area contributed by atoms with Crippen LogP contribution in [0.1, 0.15) is 40.7 Å². The van der Waals surface area contributed by atoms with Crippen molar-refractivity contribution in [2.24, 2.45) is 17.6 Å². The number of carbonyl (C=O) groups is 2. The maximum absolute atomic E-state index is 12.0. The summed E-state index contributed by atoms with van der Waals surface area (Å²) in [4.78, 5) is 25.5. The minimum absolute atomic E-state index is 0.0867. The number of amides is 2. The normalized spacial score (nSPS) is 21.1. The summed E-state index contributed by atoms with van der Waals surface area (Å²) in [7, 11) is 1.81. The first-order valence-electron chi connectivity index (χ1n) is 9.21. The van der Waals surface area contributed by atoms with Gasteiger partial charge in [-0.25, -0.2) is 4.68 Å². The molecule has 4 rings (SSSR count). The van der Waals surface area contributed by atoms with Gasteiger partial charge in [0.05, 0.1) is 5.69 Å². The third kappa shape index (κ3) is 3.10. The number of benzene rings is 1. The first kappa shape index (κ1) is 17.3. The SMILES string of the molecule is C[C@@H]1Cc2c(C(N)=O)nn(-c3cccc(C#C[C@@H]4CCN(C)C4=O)c3)c2C1. The van der Waals surface area contributed by atoms with Gasteiger partial charge in [-0.05, 0) is 43.4 Å². The number of primary amides is 1. The Morgan fingerprint density at radius 2 is 2.15 bits per heavy atom. The van der Waals surface area contributed by atoms with Crippen LogP contribution >= 0.6 is 0 Å². The highest BCUT2D eigenvalue weighted by Gasteiger charge is 2.30. The molecule has 0 saturated carbocycles. The summed E-state index contributed by atoms with van der Waals surface area (Å²) in [6.45, 7) is 2.92. The van der Waals surface area contributed by atoms with Crippen molar-refractivity contribution in [3.63, 3.8) is 0 Å². The van der Waals surface area contributed by atoms with Crippen LogP contribution < -0.4 is 5.73 Å². The van der Waals surface area contributed by atoms with Gasteiger partial charge in [-0.15, -0.1) is 0 Å². The van der Waals surface area contributed by atoms with Gasteiger partial charge in [0, 0.05) is 30.4 Å². The molecule has 2 aliphatic rings. The highest BCUT2D eigenvalue weighted by molar-refractivity contribution is 5.93. The lowest BCUT2D eigenvalue weighted by molar-refractivity contribution is -0.128. The van der Waals surface area contributed by atoms with E-state index in [9.17, 15) is 9.59 Å². The molecule has 6 heteroatoms. The molecule has 0 spiro atoms. The number of carbonyl (C=O) groups excluding carboxylic acids is 2. The van der Waals surface area contributed by atoms with Crippen molar-refractivity contribution in [3.05, 3.63) is 46.8 Å². The van der Waals surface area contributed by atoms with Crippen molar-refractivity contribution in [1.82, 2.24) is 14.7 Å². The van der Waals surface area contributed by atoms with E-state index in [0.29, 0.717) is 11.6 Å². The van der Waals surface area contributed by atoms with Gasteiger partial charge in [0.25, 0.3) is 5.91 Å². The van der Waals surface area contributed by atoms with E-state index in [1.165, 1.54) is 0 Å². The Morgan fingerprint density at radius 3 is 2.85 bits per heavy atom. The molecule has 1 aromatic heterocycles. The molecule has 1 aliphatic carbocycles. The number of fused-ring (bicyclic) bond motifs is 1. The molecule has 0 unspecified atom stereocenters. The highest BCUT2D eigenvalue weighted by Crippen LogP contribution is 2.31. The van der Waals surface area contributed by atoms with Crippen molar-refractivity contribution < 1.29 is 9.59 Å². The molecule has 1 aliphatic heterocycles. The van der Waals surface area contributed by atoms with Crippen LogP contribution in [0.3, 0.4) is 0 Å². The molecule has 2 N–H and O–H groups in total. The predicted molar refractivity (Wildman–Crippen MR) is 101 cm³/mol. The van der Waals surface area contributed by atoms with Crippen molar-refractivity contribution >= 4 is 11.8 Å². The average Bonchev–Trinajstić information content (AvgIpc) is 3.27. The summed E-state index contributed by atoms with van der Waals surface area (Å²) in [5, 5.41) is 4.47. The van der Waals surface area contributed by atoms with Crippen LogP contribution in [-0.4, -0.2) is 40.1 Å². The van der Waals surface area contributed by atoms with Crippen LogP contribution in [-0.2, 0) is 17.6 Å². The molecule has 0 bridgehead atoms. The minimum Gasteiger partial charge on any atom is -0.364 e. The lowest BCUT2D eigenvalue weighted by Crippen LogP contribution is -2.21. The van der Waals surface area contributed by atoms with E-state index in [1.807, 2.05) is 28.9 Å². The van der Waals surface area contributed by atoms with E-state index in [1.54, 1.807) is 11.9 Å². The van der Waals surface area contributed by atoms with Gasteiger partial charge in [-0.1, -0.05) is 24.8 Å². The molecule has 0 radical (unpaired) electrons. The third-order valence-electron chi connectivity index (χ3n) is 5.33. The Bertz CT molecular complexity index is 995. The van der Waals surface area contributed by atoms with Crippen LogP contribution in [0, 0.1) is 23.7 Å². The van der Waals surface area contributed by atoms with Gasteiger partial charge in [0.2, 0.25) is 5.91 Å². The topological polar surface area (TPSA) is 81.2 Å². The molecule has 1 fully saturated rings. The molecule has 6 nitrogen and oxygen atoms in total. The fraction of sp³-hybridized carbons (Fsp3) is 0.381. The second-order valence-corrected chi connectivity index (χ2v) is 7.48. The van der Waals surface area contributed by atoms with Crippen LogP contribution in [0.25, 0.3) is 5.69 Å². The monoisotopic (exact) mass is 362 g/mol. The van der Waals surface area contributed by atoms with Gasteiger partial charge in [-0.3, -0.25) is 9.59 Å². The van der Waals surface area contributed by atoms with Gasteiger partial charge in [0.1, 0.15) is 5.92 Å². The minimum atomic E-state index is -0.487. The largest absolute Gasteiger partial charge is 0.364 e. The lowest BCUT2D eigenvalue weighted by atomic mass is 10.1. The summed E-state index contributed by atoms with van der Waals surface area (Å²) in [5.74, 6) is 6.06. The number of nitrogens with two attached hydrogens (primary N) is 1. The molecule has 1 saturated heterocycles. The average molecular weight is 362 g/mol. The first-order valence-corrected chi connectivity index (χ1v) is 9.21. The number of hydrogen-bond donors (Lipinski definition) is 1. The van der Waals surface area contributed by atoms with E-state index in [0.717, 1.165) is 48.3 Å².